The summed E-state index contributed by atoms with van der Waals surface area (Å²) in [5.41, 5.74) is 0.690. The van der Waals surface area contributed by atoms with Gasteiger partial charge in [0.25, 0.3) is 0 Å². The number of pyridine rings is 1. The van der Waals surface area contributed by atoms with Crippen molar-refractivity contribution in [3.8, 4) is 0 Å². The Morgan fingerprint density at radius 1 is 1.07 bits per heavy atom. The topological polar surface area (TPSA) is 99.3 Å². The van der Waals surface area contributed by atoms with Gasteiger partial charge in [0, 0.05) is 36.3 Å². The van der Waals surface area contributed by atoms with Gasteiger partial charge in [0.05, 0.1) is 4.90 Å². The average molecular weight is 429 g/mol. The molecule has 30 heavy (non-hydrogen) atoms. The van der Waals surface area contributed by atoms with Crippen molar-refractivity contribution in [3.05, 3.63) is 70.8 Å². The number of fused-ring (bicyclic) bond motifs is 1. The zero-order valence-corrected chi connectivity index (χ0v) is 16.8. The molecule has 0 radical (unpaired) electrons. The molecule has 1 aliphatic heterocycles. The summed E-state index contributed by atoms with van der Waals surface area (Å²) in [6.45, 7) is 0.431. The van der Waals surface area contributed by atoms with Gasteiger partial charge >= 0.3 is 0 Å². The van der Waals surface area contributed by atoms with E-state index in [0.29, 0.717) is 29.4 Å². The SMILES string of the molecule is O=C(Nc1cccc(F)c1)C1CCN(S(=O)(=O)c2ccc3[nH]c(=O)ccc3c2)CC1. The van der Waals surface area contributed by atoms with E-state index in [-0.39, 0.29) is 35.4 Å². The second-order valence-electron chi connectivity index (χ2n) is 7.25. The van der Waals surface area contributed by atoms with Crippen LogP contribution in [0, 0.1) is 11.7 Å². The number of nitrogens with one attached hydrogen (secondary N) is 2. The number of H-pyrrole nitrogens is 1. The lowest BCUT2D eigenvalue weighted by Crippen LogP contribution is -2.41. The Bertz CT molecular complexity index is 1260. The van der Waals surface area contributed by atoms with E-state index >= 15 is 0 Å². The van der Waals surface area contributed by atoms with Gasteiger partial charge in [-0.2, -0.15) is 4.31 Å². The van der Waals surface area contributed by atoms with E-state index in [2.05, 4.69) is 10.3 Å². The third-order valence-corrected chi connectivity index (χ3v) is 7.14. The summed E-state index contributed by atoms with van der Waals surface area (Å²) >= 11 is 0. The Hall–Kier alpha value is -3.04. The van der Waals surface area contributed by atoms with E-state index in [1.54, 1.807) is 18.2 Å². The standard InChI is InChI=1S/C21H20FN3O4S/c22-16-2-1-3-17(13-16)23-21(27)14-8-10-25(11-9-14)30(28,29)18-5-6-19-15(12-18)4-7-20(26)24-19/h1-7,12-14H,8-11H2,(H,23,27)(H,24,26). The van der Waals surface area contributed by atoms with Crippen molar-refractivity contribution in [2.24, 2.45) is 5.92 Å². The van der Waals surface area contributed by atoms with Crippen LogP contribution < -0.4 is 10.9 Å². The molecule has 156 valence electrons. The molecular formula is C21H20FN3O4S. The van der Waals surface area contributed by atoms with Crippen molar-refractivity contribution in [2.75, 3.05) is 18.4 Å². The molecule has 0 bridgehead atoms. The monoisotopic (exact) mass is 429 g/mol. The molecule has 1 amide bonds. The summed E-state index contributed by atoms with van der Waals surface area (Å²) in [4.78, 5) is 26.6. The predicted octanol–water partition coefficient (Wildman–Crippen LogP) is 2.71. The van der Waals surface area contributed by atoms with Gasteiger partial charge in [0.1, 0.15) is 5.82 Å². The number of benzene rings is 2. The van der Waals surface area contributed by atoms with Crippen molar-refractivity contribution in [3.63, 3.8) is 0 Å². The number of carbonyl (C=O) groups is 1. The molecule has 3 aromatic rings. The quantitative estimate of drug-likeness (QED) is 0.666. The Labute approximate surface area is 172 Å². The third kappa shape index (κ3) is 4.12. The molecule has 1 aliphatic rings. The Balaban J connectivity index is 1.44. The number of rotatable bonds is 4. The van der Waals surface area contributed by atoms with Crippen LogP contribution in [0.4, 0.5) is 10.1 Å². The molecule has 0 unspecified atom stereocenters. The van der Waals surface area contributed by atoms with Gasteiger partial charge in [-0.05, 0) is 60.7 Å². The molecule has 7 nitrogen and oxygen atoms in total. The smallest absolute Gasteiger partial charge is 0.248 e. The van der Waals surface area contributed by atoms with Crippen LogP contribution in [0.1, 0.15) is 12.8 Å². The minimum absolute atomic E-state index is 0.143. The van der Waals surface area contributed by atoms with Gasteiger partial charge in [-0.15, -0.1) is 0 Å². The number of piperidine rings is 1. The van der Waals surface area contributed by atoms with Crippen molar-refractivity contribution < 1.29 is 17.6 Å². The number of hydrogen-bond acceptors (Lipinski definition) is 4. The van der Waals surface area contributed by atoms with Crippen molar-refractivity contribution in [1.82, 2.24) is 9.29 Å². The maximum atomic E-state index is 13.3. The van der Waals surface area contributed by atoms with E-state index in [1.165, 1.54) is 40.7 Å². The number of amides is 1. The van der Waals surface area contributed by atoms with E-state index < -0.39 is 15.8 Å². The number of carbonyl (C=O) groups excluding carboxylic acids is 1. The van der Waals surface area contributed by atoms with E-state index in [9.17, 15) is 22.4 Å². The van der Waals surface area contributed by atoms with Crippen LogP contribution in [0.2, 0.25) is 0 Å². The number of aromatic nitrogens is 1. The van der Waals surface area contributed by atoms with E-state index in [4.69, 9.17) is 0 Å². The summed E-state index contributed by atoms with van der Waals surface area (Å²) in [6.07, 6.45) is 0.753. The van der Waals surface area contributed by atoms with Crippen molar-refractivity contribution >= 4 is 32.5 Å². The highest BCUT2D eigenvalue weighted by Gasteiger charge is 2.32. The maximum Gasteiger partial charge on any atom is 0.248 e. The van der Waals surface area contributed by atoms with E-state index in [1.807, 2.05) is 0 Å². The molecular weight excluding hydrogens is 409 g/mol. The minimum atomic E-state index is -3.72. The molecule has 0 spiro atoms. The zero-order valence-electron chi connectivity index (χ0n) is 16.0. The van der Waals surface area contributed by atoms with Crippen LogP contribution in [0.5, 0.6) is 0 Å². The van der Waals surface area contributed by atoms with Gasteiger partial charge in [0.15, 0.2) is 0 Å². The number of halogens is 1. The molecule has 2 N–H and O–H groups in total. The third-order valence-electron chi connectivity index (χ3n) is 5.25. The van der Waals surface area contributed by atoms with Gasteiger partial charge in [0.2, 0.25) is 21.5 Å². The lowest BCUT2D eigenvalue weighted by atomic mass is 9.97. The fraction of sp³-hybridized carbons (Fsp3) is 0.238. The summed E-state index contributed by atoms with van der Waals surface area (Å²) in [7, 11) is -3.72. The largest absolute Gasteiger partial charge is 0.326 e. The van der Waals surface area contributed by atoms with E-state index in [0.717, 1.165) is 0 Å². The zero-order chi connectivity index (χ0) is 21.3. The lowest BCUT2D eigenvalue weighted by molar-refractivity contribution is -0.120. The number of anilines is 1. The summed E-state index contributed by atoms with van der Waals surface area (Å²) in [6, 6.07) is 13.2. The number of nitrogens with zero attached hydrogens (tertiary/aromatic N) is 1. The van der Waals surface area contributed by atoms with Crippen LogP contribution in [0.15, 0.2) is 64.3 Å². The second kappa shape index (κ2) is 8.00. The van der Waals surface area contributed by atoms with Crippen LogP contribution in [-0.4, -0.2) is 36.7 Å². The highest BCUT2D eigenvalue weighted by atomic mass is 32.2. The first kappa shape index (κ1) is 20.2. The molecule has 0 aliphatic carbocycles. The highest BCUT2D eigenvalue weighted by Crippen LogP contribution is 2.26. The normalized spacial score (nSPS) is 15.9. The molecule has 1 fully saturated rings. The fourth-order valence-corrected chi connectivity index (χ4v) is 5.12. The summed E-state index contributed by atoms with van der Waals surface area (Å²) in [5, 5.41) is 3.31. The van der Waals surface area contributed by atoms with Gasteiger partial charge in [-0.1, -0.05) is 6.07 Å². The molecule has 1 saturated heterocycles. The summed E-state index contributed by atoms with van der Waals surface area (Å²) < 4.78 is 40.7. The first-order valence-corrected chi connectivity index (χ1v) is 11.0. The van der Waals surface area contributed by atoms with Gasteiger partial charge < -0.3 is 10.3 Å². The molecule has 4 rings (SSSR count). The number of aromatic amines is 1. The molecule has 0 atom stereocenters. The average Bonchev–Trinajstić information content (AvgIpc) is 2.73. The van der Waals surface area contributed by atoms with Crippen molar-refractivity contribution in [2.45, 2.75) is 17.7 Å². The van der Waals surface area contributed by atoms with Crippen molar-refractivity contribution in [1.29, 1.82) is 0 Å². The molecule has 9 heteroatoms. The van der Waals surface area contributed by atoms with Gasteiger partial charge in [-0.25, -0.2) is 12.8 Å². The Kier molecular flexibility index (Phi) is 5.40. The van der Waals surface area contributed by atoms with Crippen LogP contribution in [0.3, 0.4) is 0 Å². The fourth-order valence-electron chi connectivity index (χ4n) is 3.61. The van der Waals surface area contributed by atoms with Crippen LogP contribution >= 0.6 is 0 Å². The molecule has 0 saturated carbocycles. The first-order chi connectivity index (χ1) is 14.3. The molecule has 1 aromatic heterocycles. The number of hydrogen-bond donors (Lipinski definition) is 2. The Morgan fingerprint density at radius 2 is 1.83 bits per heavy atom. The predicted molar refractivity (Wildman–Crippen MR) is 111 cm³/mol. The molecule has 2 aromatic carbocycles. The van der Waals surface area contributed by atoms with Crippen LogP contribution in [0.25, 0.3) is 10.9 Å². The lowest BCUT2D eigenvalue weighted by Gasteiger charge is -2.30. The maximum absolute atomic E-state index is 13.3. The second-order valence-corrected chi connectivity index (χ2v) is 9.19. The first-order valence-electron chi connectivity index (χ1n) is 9.52. The Morgan fingerprint density at radius 3 is 2.57 bits per heavy atom. The molecule has 2 heterocycles. The summed E-state index contributed by atoms with van der Waals surface area (Å²) in [5.74, 6) is -1.03. The van der Waals surface area contributed by atoms with Gasteiger partial charge in [-0.3, -0.25) is 9.59 Å². The van der Waals surface area contributed by atoms with Crippen LogP contribution in [-0.2, 0) is 14.8 Å². The number of sulfonamides is 1. The minimum Gasteiger partial charge on any atom is -0.326 e. The highest BCUT2D eigenvalue weighted by molar-refractivity contribution is 7.89.